The molecule has 0 aromatic heterocycles. The van der Waals surface area contributed by atoms with Gasteiger partial charge < -0.3 is 11.5 Å². The lowest BCUT2D eigenvalue weighted by atomic mass is 10.1. The van der Waals surface area contributed by atoms with E-state index in [0.29, 0.717) is 13.1 Å². The average molecular weight is 190 g/mol. The van der Waals surface area contributed by atoms with E-state index in [1.54, 1.807) is 0 Å². The summed E-state index contributed by atoms with van der Waals surface area (Å²) in [5, 5.41) is 0. The molecule has 0 saturated carbocycles. The molecule has 1 aromatic rings. The molecule has 0 bridgehead atoms. The first kappa shape index (κ1) is 11.0. The summed E-state index contributed by atoms with van der Waals surface area (Å²) < 4.78 is 0. The molecule has 0 fully saturated rings. The Hall–Kier alpha value is -1.12. The van der Waals surface area contributed by atoms with Gasteiger partial charge in [-0.05, 0) is 31.5 Å². The zero-order valence-electron chi connectivity index (χ0n) is 8.45. The van der Waals surface area contributed by atoms with Crippen molar-refractivity contribution in [2.24, 2.45) is 11.5 Å². The second kappa shape index (κ2) is 6.35. The van der Waals surface area contributed by atoms with Crippen LogP contribution in [0, 0.1) is 0 Å². The van der Waals surface area contributed by atoms with Gasteiger partial charge in [-0.25, -0.2) is 0 Å². The standard InChI is InChI=1S/C12H18N2/c13-8-6-12(7-9-14)10-11-4-2-1-3-5-11/h1-5,10H,6-9,13-14H2. The van der Waals surface area contributed by atoms with Crippen molar-refractivity contribution in [3.8, 4) is 0 Å². The fourth-order valence-electron chi connectivity index (χ4n) is 1.43. The Balaban J connectivity index is 2.71. The summed E-state index contributed by atoms with van der Waals surface area (Å²) in [6.07, 6.45) is 4.05. The number of hydrogen-bond acceptors (Lipinski definition) is 2. The Morgan fingerprint density at radius 3 is 2.07 bits per heavy atom. The zero-order chi connectivity index (χ0) is 10.2. The molecule has 76 valence electrons. The highest BCUT2D eigenvalue weighted by atomic mass is 14.5. The van der Waals surface area contributed by atoms with Gasteiger partial charge in [0.15, 0.2) is 0 Å². The van der Waals surface area contributed by atoms with Crippen molar-refractivity contribution < 1.29 is 0 Å². The summed E-state index contributed by atoms with van der Waals surface area (Å²) in [4.78, 5) is 0. The van der Waals surface area contributed by atoms with Gasteiger partial charge in [-0.1, -0.05) is 42.0 Å². The Morgan fingerprint density at radius 2 is 1.57 bits per heavy atom. The van der Waals surface area contributed by atoms with Crippen molar-refractivity contribution >= 4 is 6.08 Å². The minimum atomic E-state index is 0.693. The molecule has 0 spiro atoms. The van der Waals surface area contributed by atoms with E-state index in [4.69, 9.17) is 11.5 Å². The fourth-order valence-corrected chi connectivity index (χ4v) is 1.43. The molecule has 0 aliphatic carbocycles. The van der Waals surface area contributed by atoms with Crippen molar-refractivity contribution in [2.75, 3.05) is 13.1 Å². The van der Waals surface area contributed by atoms with Crippen molar-refractivity contribution in [2.45, 2.75) is 12.8 Å². The third-order valence-corrected chi connectivity index (χ3v) is 2.10. The van der Waals surface area contributed by atoms with E-state index >= 15 is 0 Å². The normalized spacial score (nSPS) is 9.86. The van der Waals surface area contributed by atoms with Gasteiger partial charge in [-0.2, -0.15) is 0 Å². The van der Waals surface area contributed by atoms with Crippen LogP contribution in [0.1, 0.15) is 18.4 Å². The quantitative estimate of drug-likeness (QED) is 0.743. The van der Waals surface area contributed by atoms with E-state index in [2.05, 4.69) is 18.2 Å². The first-order valence-electron chi connectivity index (χ1n) is 5.01. The highest BCUT2D eigenvalue weighted by Crippen LogP contribution is 2.11. The third kappa shape index (κ3) is 3.73. The number of rotatable bonds is 5. The predicted octanol–water partition coefficient (Wildman–Crippen LogP) is 1.77. The summed E-state index contributed by atoms with van der Waals surface area (Å²) in [5.74, 6) is 0. The first-order chi connectivity index (χ1) is 6.86. The Bertz CT molecular complexity index is 270. The Kier molecular flexibility index (Phi) is 4.97. The summed E-state index contributed by atoms with van der Waals surface area (Å²) in [6, 6.07) is 10.3. The maximum absolute atomic E-state index is 5.53. The molecule has 0 aliphatic rings. The molecular weight excluding hydrogens is 172 g/mol. The van der Waals surface area contributed by atoms with Crippen LogP contribution < -0.4 is 11.5 Å². The van der Waals surface area contributed by atoms with Crippen LogP contribution in [-0.2, 0) is 0 Å². The van der Waals surface area contributed by atoms with E-state index in [9.17, 15) is 0 Å². The van der Waals surface area contributed by atoms with Crippen LogP contribution in [0.2, 0.25) is 0 Å². The minimum absolute atomic E-state index is 0.693. The topological polar surface area (TPSA) is 52.0 Å². The molecule has 0 unspecified atom stereocenters. The highest BCUT2D eigenvalue weighted by molar-refractivity contribution is 5.52. The van der Waals surface area contributed by atoms with Crippen LogP contribution in [0.25, 0.3) is 6.08 Å². The van der Waals surface area contributed by atoms with Gasteiger partial charge in [0.1, 0.15) is 0 Å². The molecule has 4 N–H and O–H groups in total. The lowest BCUT2D eigenvalue weighted by Crippen LogP contribution is -2.05. The minimum Gasteiger partial charge on any atom is -0.330 e. The summed E-state index contributed by atoms with van der Waals surface area (Å²) in [7, 11) is 0. The molecule has 0 amide bonds. The van der Waals surface area contributed by atoms with Crippen molar-refractivity contribution in [1.29, 1.82) is 0 Å². The molecule has 0 heterocycles. The smallest absolute Gasteiger partial charge is 0.00398 e. The van der Waals surface area contributed by atoms with Crippen molar-refractivity contribution in [3.05, 3.63) is 41.5 Å². The number of hydrogen-bond donors (Lipinski definition) is 2. The largest absolute Gasteiger partial charge is 0.330 e. The average Bonchev–Trinajstić information content (AvgIpc) is 2.20. The van der Waals surface area contributed by atoms with E-state index in [0.717, 1.165) is 12.8 Å². The van der Waals surface area contributed by atoms with Crippen molar-refractivity contribution in [3.63, 3.8) is 0 Å². The lowest BCUT2D eigenvalue weighted by molar-refractivity contribution is 0.857. The molecule has 0 radical (unpaired) electrons. The maximum atomic E-state index is 5.53. The van der Waals surface area contributed by atoms with Gasteiger partial charge in [0.2, 0.25) is 0 Å². The molecule has 1 aromatic carbocycles. The summed E-state index contributed by atoms with van der Waals surface area (Å²) in [5.41, 5.74) is 13.6. The van der Waals surface area contributed by atoms with E-state index in [-0.39, 0.29) is 0 Å². The molecule has 14 heavy (non-hydrogen) atoms. The first-order valence-corrected chi connectivity index (χ1v) is 5.01. The number of benzene rings is 1. The van der Waals surface area contributed by atoms with Crippen LogP contribution in [0.15, 0.2) is 35.9 Å². The van der Waals surface area contributed by atoms with Crippen LogP contribution >= 0.6 is 0 Å². The van der Waals surface area contributed by atoms with E-state index < -0.39 is 0 Å². The Labute approximate surface area is 85.6 Å². The van der Waals surface area contributed by atoms with Gasteiger partial charge >= 0.3 is 0 Å². The molecule has 0 aliphatic heterocycles. The third-order valence-electron chi connectivity index (χ3n) is 2.10. The summed E-state index contributed by atoms with van der Waals surface area (Å²) >= 11 is 0. The molecule has 1 rings (SSSR count). The molecule has 2 nitrogen and oxygen atoms in total. The summed E-state index contributed by atoms with van der Waals surface area (Å²) in [6.45, 7) is 1.39. The zero-order valence-corrected chi connectivity index (χ0v) is 8.45. The van der Waals surface area contributed by atoms with E-state index in [1.165, 1.54) is 11.1 Å². The van der Waals surface area contributed by atoms with Crippen molar-refractivity contribution in [1.82, 2.24) is 0 Å². The van der Waals surface area contributed by atoms with Crippen LogP contribution in [0.4, 0.5) is 0 Å². The molecule has 0 saturated heterocycles. The van der Waals surface area contributed by atoms with Crippen LogP contribution in [0.3, 0.4) is 0 Å². The monoisotopic (exact) mass is 190 g/mol. The fraction of sp³-hybridized carbons (Fsp3) is 0.333. The van der Waals surface area contributed by atoms with Crippen LogP contribution in [-0.4, -0.2) is 13.1 Å². The van der Waals surface area contributed by atoms with Gasteiger partial charge in [-0.15, -0.1) is 0 Å². The van der Waals surface area contributed by atoms with Gasteiger partial charge in [0, 0.05) is 0 Å². The maximum Gasteiger partial charge on any atom is -0.00398 e. The second-order valence-corrected chi connectivity index (χ2v) is 3.29. The highest BCUT2D eigenvalue weighted by Gasteiger charge is 1.95. The van der Waals surface area contributed by atoms with Gasteiger partial charge in [-0.3, -0.25) is 0 Å². The Morgan fingerprint density at radius 1 is 1.00 bits per heavy atom. The lowest BCUT2D eigenvalue weighted by Gasteiger charge is -2.04. The molecule has 0 atom stereocenters. The second-order valence-electron chi connectivity index (χ2n) is 3.29. The van der Waals surface area contributed by atoms with Gasteiger partial charge in [0.25, 0.3) is 0 Å². The van der Waals surface area contributed by atoms with Crippen LogP contribution in [0.5, 0.6) is 0 Å². The molecular formula is C12H18N2. The number of nitrogens with two attached hydrogens (primary N) is 2. The molecule has 2 heteroatoms. The van der Waals surface area contributed by atoms with Gasteiger partial charge in [0.05, 0.1) is 0 Å². The predicted molar refractivity (Wildman–Crippen MR) is 61.8 cm³/mol. The SMILES string of the molecule is NCCC(=Cc1ccccc1)CCN. The van der Waals surface area contributed by atoms with E-state index in [1.807, 2.05) is 18.2 Å².